The van der Waals surface area contributed by atoms with Gasteiger partial charge in [0.05, 0.1) is 33.8 Å². The molecule has 0 aromatic heterocycles. The van der Waals surface area contributed by atoms with Crippen LogP contribution >= 0.6 is 7.82 Å². The zero-order valence-corrected chi connectivity index (χ0v) is 63.2. The molecular formula is C81H161N2O7P. The highest BCUT2D eigenvalue weighted by atomic mass is 31.2. The number of ether oxygens (including phenoxy) is 1. The van der Waals surface area contributed by atoms with Crippen molar-refractivity contribution in [1.82, 2.24) is 5.32 Å². The number of esters is 1. The van der Waals surface area contributed by atoms with Crippen LogP contribution in [0.5, 0.6) is 0 Å². The average Bonchev–Trinajstić information content (AvgIpc) is 3.69. The normalized spacial score (nSPS) is 13.4. The number of likely N-dealkylation sites (N-methyl/N-ethyl adjacent to an activating group) is 1. The Morgan fingerprint density at radius 2 is 0.626 bits per heavy atom. The van der Waals surface area contributed by atoms with Crippen LogP contribution < -0.4 is 10.2 Å². The van der Waals surface area contributed by atoms with Crippen LogP contribution in [0.4, 0.5) is 0 Å². The molecule has 9 nitrogen and oxygen atoms in total. The van der Waals surface area contributed by atoms with Gasteiger partial charge in [0.25, 0.3) is 7.82 Å². The second-order valence-electron chi connectivity index (χ2n) is 29.6. The van der Waals surface area contributed by atoms with Crippen LogP contribution in [0.3, 0.4) is 0 Å². The van der Waals surface area contributed by atoms with Gasteiger partial charge < -0.3 is 28.5 Å². The van der Waals surface area contributed by atoms with E-state index in [9.17, 15) is 19.0 Å². The van der Waals surface area contributed by atoms with Gasteiger partial charge >= 0.3 is 5.97 Å². The molecule has 3 unspecified atom stereocenters. The fraction of sp³-hybridized carbons (Fsp3) is 0.951. The summed E-state index contributed by atoms with van der Waals surface area (Å²) in [6.45, 7) is 6.95. The van der Waals surface area contributed by atoms with E-state index >= 15 is 0 Å². The van der Waals surface area contributed by atoms with Crippen LogP contribution in [0.1, 0.15) is 445 Å². The summed E-state index contributed by atoms with van der Waals surface area (Å²) in [5.41, 5.74) is 0. The van der Waals surface area contributed by atoms with Gasteiger partial charge in [-0.1, -0.05) is 412 Å². The molecule has 0 aromatic rings. The number of amides is 1. The Morgan fingerprint density at radius 3 is 0.901 bits per heavy atom. The Bertz CT molecular complexity index is 1550. The van der Waals surface area contributed by atoms with Gasteiger partial charge in [-0.15, -0.1) is 0 Å². The predicted octanol–water partition coefficient (Wildman–Crippen LogP) is 26.0. The Hall–Kier alpha value is -1.25. The summed E-state index contributed by atoms with van der Waals surface area (Å²) in [7, 11) is 1.22. The summed E-state index contributed by atoms with van der Waals surface area (Å²) < 4.78 is 30.6. The molecule has 0 bridgehead atoms. The molecule has 0 aliphatic heterocycles. The third-order valence-corrected chi connectivity index (χ3v) is 20.2. The zero-order chi connectivity index (χ0) is 66.3. The first-order valence-electron chi connectivity index (χ1n) is 41.0. The number of nitrogens with one attached hydrogen (secondary N) is 1. The lowest BCUT2D eigenvalue weighted by atomic mass is 10.0. The summed E-state index contributed by atoms with van der Waals surface area (Å²) in [6, 6.07) is -0.882. The minimum absolute atomic E-state index is 0.0160. The molecule has 10 heteroatoms. The molecule has 0 spiro atoms. The van der Waals surface area contributed by atoms with E-state index in [1.165, 1.54) is 353 Å². The van der Waals surface area contributed by atoms with Gasteiger partial charge in [0.2, 0.25) is 5.91 Å². The molecule has 0 heterocycles. The van der Waals surface area contributed by atoms with Crippen molar-refractivity contribution in [3.05, 3.63) is 12.2 Å². The van der Waals surface area contributed by atoms with Crippen molar-refractivity contribution in [3.63, 3.8) is 0 Å². The van der Waals surface area contributed by atoms with E-state index in [2.05, 4.69) is 26.1 Å². The predicted molar refractivity (Wildman–Crippen MR) is 395 cm³/mol. The highest BCUT2D eigenvalue weighted by Crippen LogP contribution is 2.38. The smallest absolute Gasteiger partial charge is 0.306 e. The van der Waals surface area contributed by atoms with Gasteiger partial charge in [-0.05, 0) is 31.8 Å². The minimum atomic E-state index is -4.70. The standard InChI is InChI=1S/C81H161N2O7P/c1-7-10-13-16-19-22-25-28-30-32-34-36-38-40-41-43-44-46-48-50-52-55-58-61-64-67-70-73-80(84)82-78(77-89-91(86,87)88-76-75-83(4,5)6)79(72-69-66-63-60-57-54-27-24-21-18-15-12-9-3)90-81(85)74-71-68-65-62-59-56-53-51-49-47-45-42-39-37-35-33-31-29-26-23-20-17-14-11-8-2/h69,72,78-79H,7-68,70-71,73-77H2,1-6H3,(H-,82,84,86,87)/b72-69+. The first-order valence-corrected chi connectivity index (χ1v) is 42.5. The fourth-order valence-electron chi connectivity index (χ4n) is 12.9. The van der Waals surface area contributed by atoms with Crippen molar-refractivity contribution in [1.29, 1.82) is 0 Å². The van der Waals surface area contributed by atoms with E-state index in [0.717, 1.165) is 57.8 Å². The minimum Gasteiger partial charge on any atom is -0.756 e. The van der Waals surface area contributed by atoms with Gasteiger partial charge in [0.1, 0.15) is 19.3 Å². The van der Waals surface area contributed by atoms with E-state index in [-0.39, 0.29) is 31.5 Å². The van der Waals surface area contributed by atoms with Crippen LogP contribution in [0.2, 0.25) is 0 Å². The maximum atomic E-state index is 13.7. The summed E-state index contributed by atoms with van der Waals surface area (Å²) in [5.74, 6) is -0.507. The summed E-state index contributed by atoms with van der Waals surface area (Å²) in [5, 5.41) is 3.07. The molecule has 1 amide bonds. The number of nitrogens with zero attached hydrogens (tertiary/aromatic N) is 1. The fourth-order valence-corrected chi connectivity index (χ4v) is 13.7. The number of hydrogen-bond donors (Lipinski definition) is 1. The number of phosphoric ester groups is 1. The molecule has 3 atom stereocenters. The van der Waals surface area contributed by atoms with Gasteiger partial charge in [0.15, 0.2) is 0 Å². The third-order valence-electron chi connectivity index (χ3n) is 19.2. The van der Waals surface area contributed by atoms with Gasteiger partial charge in [0, 0.05) is 12.8 Å². The Morgan fingerprint density at radius 1 is 0.374 bits per heavy atom. The van der Waals surface area contributed by atoms with E-state index in [1.54, 1.807) is 0 Å². The summed E-state index contributed by atoms with van der Waals surface area (Å²) >= 11 is 0. The monoisotopic (exact) mass is 1310 g/mol. The van der Waals surface area contributed by atoms with Crippen molar-refractivity contribution in [2.24, 2.45) is 0 Å². The van der Waals surface area contributed by atoms with Gasteiger partial charge in [-0.2, -0.15) is 0 Å². The molecule has 0 rings (SSSR count). The quantitative estimate of drug-likeness (QED) is 0.0212. The van der Waals surface area contributed by atoms with Crippen molar-refractivity contribution in [2.45, 2.75) is 457 Å². The Kier molecular flexibility index (Phi) is 70.5. The number of rotatable bonds is 77. The van der Waals surface area contributed by atoms with Gasteiger partial charge in [-0.3, -0.25) is 14.2 Å². The maximum Gasteiger partial charge on any atom is 0.306 e. The van der Waals surface area contributed by atoms with Crippen molar-refractivity contribution in [2.75, 3.05) is 40.9 Å². The number of phosphoric acid groups is 1. The molecule has 0 saturated carbocycles. The SMILES string of the molecule is CCCCCCCCCCCCC/C=C/C(OC(=O)CCCCCCCCCCCCCCCCCCCCCCCCCCC)C(COP(=O)([O-])OCC[N+](C)(C)C)NC(=O)CCCCCCCCCCCCCCCCCCCCCCCCCCCCC. The van der Waals surface area contributed by atoms with Crippen LogP contribution in [0.15, 0.2) is 12.2 Å². The number of carbonyl (C=O) groups is 2. The molecule has 91 heavy (non-hydrogen) atoms. The molecule has 0 aliphatic rings. The average molecular weight is 1310 g/mol. The topological polar surface area (TPSA) is 114 Å². The van der Waals surface area contributed by atoms with Crippen molar-refractivity contribution < 1.29 is 37.3 Å². The number of unbranched alkanes of at least 4 members (excludes halogenated alkanes) is 61. The highest BCUT2D eigenvalue weighted by molar-refractivity contribution is 7.45. The lowest BCUT2D eigenvalue weighted by molar-refractivity contribution is -0.870. The number of quaternary nitrogens is 1. The van der Waals surface area contributed by atoms with Crippen molar-refractivity contribution in [3.8, 4) is 0 Å². The molecule has 0 aromatic carbocycles. The first kappa shape index (κ1) is 89.8. The Labute approximate surface area is 569 Å². The summed E-state index contributed by atoms with van der Waals surface area (Å²) in [4.78, 5) is 40.4. The molecule has 0 aliphatic carbocycles. The molecule has 542 valence electrons. The molecule has 1 N–H and O–H groups in total. The summed E-state index contributed by atoms with van der Waals surface area (Å²) in [6.07, 6.45) is 88.0. The highest BCUT2D eigenvalue weighted by Gasteiger charge is 2.27. The molecular weight excluding hydrogens is 1140 g/mol. The van der Waals surface area contributed by atoms with E-state index in [0.29, 0.717) is 17.4 Å². The maximum absolute atomic E-state index is 13.7. The molecule has 0 radical (unpaired) electrons. The van der Waals surface area contributed by atoms with E-state index in [4.69, 9.17) is 13.8 Å². The van der Waals surface area contributed by atoms with E-state index < -0.39 is 20.0 Å². The third kappa shape index (κ3) is 72.9. The van der Waals surface area contributed by atoms with Crippen LogP contribution in [-0.2, 0) is 27.9 Å². The Balaban J connectivity index is 4.88. The van der Waals surface area contributed by atoms with Crippen molar-refractivity contribution >= 4 is 19.7 Å². The number of hydrogen-bond acceptors (Lipinski definition) is 7. The van der Waals surface area contributed by atoms with E-state index in [1.807, 2.05) is 33.3 Å². The second kappa shape index (κ2) is 71.5. The van der Waals surface area contributed by atoms with Gasteiger partial charge in [-0.25, -0.2) is 0 Å². The lowest BCUT2D eigenvalue weighted by Gasteiger charge is -2.30. The zero-order valence-electron chi connectivity index (χ0n) is 62.4. The van der Waals surface area contributed by atoms with Crippen LogP contribution in [-0.4, -0.2) is 69.4 Å². The number of allylic oxidation sites excluding steroid dienone is 1. The lowest BCUT2D eigenvalue weighted by Crippen LogP contribution is -2.47. The van der Waals surface area contributed by atoms with Crippen LogP contribution in [0.25, 0.3) is 0 Å². The second-order valence-corrected chi connectivity index (χ2v) is 31.1. The number of carbonyl (C=O) groups excluding carboxylic acids is 2. The molecule has 0 saturated heterocycles. The molecule has 0 fully saturated rings. The first-order chi connectivity index (χ1) is 44.4. The largest absolute Gasteiger partial charge is 0.756 e. The van der Waals surface area contributed by atoms with Crippen LogP contribution in [0, 0.1) is 0 Å².